The van der Waals surface area contributed by atoms with Gasteiger partial charge in [-0.3, -0.25) is 9.78 Å². The van der Waals surface area contributed by atoms with Gasteiger partial charge in [0.05, 0.1) is 5.56 Å². The minimum absolute atomic E-state index is 0.0257. The van der Waals surface area contributed by atoms with Gasteiger partial charge in [-0.2, -0.15) is 0 Å². The maximum atomic E-state index is 12.1. The lowest BCUT2D eigenvalue weighted by molar-refractivity contribution is 0.0937. The smallest absolute Gasteiger partial charge is 0.253 e. The fraction of sp³-hybridized carbons (Fsp3) is 0.625. The molecule has 1 atom stereocenters. The van der Waals surface area contributed by atoms with E-state index in [0.29, 0.717) is 17.5 Å². The molecule has 1 aromatic rings. The highest BCUT2D eigenvalue weighted by atomic mass is 16.1. The molecule has 1 aliphatic heterocycles. The van der Waals surface area contributed by atoms with Gasteiger partial charge in [0.15, 0.2) is 0 Å². The van der Waals surface area contributed by atoms with E-state index < -0.39 is 0 Å². The van der Waals surface area contributed by atoms with Crippen LogP contribution in [-0.4, -0.2) is 30.0 Å². The quantitative estimate of drug-likeness (QED) is 0.888. The van der Waals surface area contributed by atoms with Crippen LogP contribution < -0.4 is 10.6 Å². The predicted molar refractivity (Wildman–Crippen MR) is 78.8 cm³/mol. The van der Waals surface area contributed by atoms with Gasteiger partial charge >= 0.3 is 0 Å². The Bertz CT molecular complexity index is 445. The molecule has 3 rings (SSSR count). The zero-order chi connectivity index (χ0) is 13.8. The molecular weight excluding hydrogens is 250 g/mol. The largest absolute Gasteiger partial charge is 0.349 e. The number of hydrogen-bond donors (Lipinski definition) is 2. The van der Waals surface area contributed by atoms with Crippen LogP contribution in [0.3, 0.4) is 0 Å². The highest BCUT2D eigenvalue weighted by Gasteiger charge is 2.19. The van der Waals surface area contributed by atoms with Crippen molar-refractivity contribution in [2.75, 3.05) is 13.1 Å². The molecule has 0 unspecified atom stereocenters. The second kappa shape index (κ2) is 6.35. The average molecular weight is 273 g/mol. The molecule has 4 heteroatoms. The number of carbonyl (C=O) groups is 1. The van der Waals surface area contributed by atoms with Crippen molar-refractivity contribution < 1.29 is 4.79 Å². The molecule has 0 radical (unpaired) electrons. The third-order valence-electron chi connectivity index (χ3n) is 4.45. The Hall–Kier alpha value is -1.42. The minimum atomic E-state index is 0.0257. The van der Waals surface area contributed by atoms with E-state index in [2.05, 4.69) is 15.6 Å². The van der Waals surface area contributed by atoms with Crippen LogP contribution in [0.15, 0.2) is 18.3 Å². The molecule has 0 spiro atoms. The number of nitrogens with one attached hydrogen (secondary N) is 2. The van der Waals surface area contributed by atoms with Crippen molar-refractivity contribution in [3.8, 4) is 0 Å². The lowest BCUT2D eigenvalue weighted by atomic mass is 9.95. The van der Waals surface area contributed by atoms with Crippen LogP contribution in [0.1, 0.15) is 60.5 Å². The predicted octanol–water partition coefficient (Wildman–Crippen LogP) is 2.22. The van der Waals surface area contributed by atoms with Crippen LogP contribution in [-0.2, 0) is 0 Å². The van der Waals surface area contributed by atoms with Crippen LogP contribution in [0.25, 0.3) is 0 Å². The first-order chi connectivity index (χ1) is 9.83. The molecule has 1 saturated heterocycles. The minimum Gasteiger partial charge on any atom is -0.349 e. The van der Waals surface area contributed by atoms with Crippen LogP contribution in [0.2, 0.25) is 0 Å². The molecule has 1 aliphatic carbocycles. The van der Waals surface area contributed by atoms with Gasteiger partial charge in [0.25, 0.3) is 5.91 Å². The van der Waals surface area contributed by atoms with Crippen LogP contribution in [0, 0.1) is 0 Å². The molecule has 2 aliphatic rings. The van der Waals surface area contributed by atoms with Gasteiger partial charge in [0, 0.05) is 30.4 Å². The summed E-state index contributed by atoms with van der Waals surface area (Å²) >= 11 is 0. The number of rotatable bonds is 3. The monoisotopic (exact) mass is 273 g/mol. The second-order valence-corrected chi connectivity index (χ2v) is 5.97. The van der Waals surface area contributed by atoms with Gasteiger partial charge in [0.2, 0.25) is 0 Å². The van der Waals surface area contributed by atoms with Gasteiger partial charge < -0.3 is 10.6 Å². The SMILES string of the molecule is O=C(NC1CCCC1)c1ccc([C@@H]2CCCNC2)nc1. The van der Waals surface area contributed by atoms with Gasteiger partial charge in [-0.1, -0.05) is 12.8 Å². The molecule has 20 heavy (non-hydrogen) atoms. The summed E-state index contributed by atoms with van der Waals surface area (Å²) in [5, 5.41) is 6.50. The van der Waals surface area contributed by atoms with Crippen molar-refractivity contribution in [3.05, 3.63) is 29.6 Å². The summed E-state index contributed by atoms with van der Waals surface area (Å²) in [6.07, 6.45) is 8.82. The Kier molecular flexibility index (Phi) is 4.31. The fourth-order valence-electron chi connectivity index (χ4n) is 3.22. The van der Waals surface area contributed by atoms with E-state index in [1.807, 2.05) is 12.1 Å². The molecule has 2 fully saturated rings. The van der Waals surface area contributed by atoms with E-state index >= 15 is 0 Å². The Labute approximate surface area is 120 Å². The van der Waals surface area contributed by atoms with Gasteiger partial charge in [-0.05, 0) is 44.4 Å². The molecule has 0 aromatic carbocycles. The van der Waals surface area contributed by atoms with Gasteiger partial charge in [0.1, 0.15) is 0 Å². The highest BCUT2D eigenvalue weighted by molar-refractivity contribution is 5.94. The summed E-state index contributed by atoms with van der Waals surface area (Å²) in [4.78, 5) is 16.6. The van der Waals surface area contributed by atoms with Crippen molar-refractivity contribution in [2.24, 2.45) is 0 Å². The Balaban J connectivity index is 1.61. The van der Waals surface area contributed by atoms with Crippen LogP contribution >= 0.6 is 0 Å². The molecule has 2 N–H and O–H groups in total. The normalized spacial score (nSPS) is 23.7. The summed E-state index contributed by atoms with van der Waals surface area (Å²) in [6.45, 7) is 2.11. The van der Waals surface area contributed by atoms with Gasteiger partial charge in [-0.15, -0.1) is 0 Å². The molecular formula is C16H23N3O. The topological polar surface area (TPSA) is 54.0 Å². The van der Waals surface area contributed by atoms with Crippen LogP contribution in [0.5, 0.6) is 0 Å². The van der Waals surface area contributed by atoms with Gasteiger partial charge in [-0.25, -0.2) is 0 Å². The van der Waals surface area contributed by atoms with E-state index in [1.165, 1.54) is 25.7 Å². The van der Waals surface area contributed by atoms with E-state index in [0.717, 1.165) is 31.6 Å². The maximum Gasteiger partial charge on any atom is 0.253 e. The third kappa shape index (κ3) is 3.18. The summed E-state index contributed by atoms with van der Waals surface area (Å²) in [5.41, 5.74) is 1.79. The van der Waals surface area contributed by atoms with Crippen molar-refractivity contribution in [1.29, 1.82) is 0 Å². The summed E-state index contributed by atoms with van der Waals surface area (Å²) < 4.78 is 0. The number of pyridine rings is 1. The zero-order valence-corrected chi connectivity index (χ0v) is 11.9. The zero-order valence-electron chi connectivity index (χ0n) is 11.9. The molecule has 1 aromatic heterocycles. The number of carbonyl (C=O) groups excluding carboxylic acids is 1. The van der Waals surface area contributed by atoms with Crippen molar-refractivity contribution in [2.45, 2.75) is 50.5 Å². The fourth-order valence-corrected chi connectivity index (χ4v) is 3.22. The number of hydrogen-bond acceptors (Lipinski definition) is 3. The average Bonchev–Trinajstić information content (AvgIpc) is 3.01. The van der Waals surface area contributed by atoms with E-state index in [9.17, 15) is 4.79 Å². The number of amides is 1. The van der Waals surface area contributed by atoms with E-state index in [-0.39, 0.29) is 5.91 Å². The first-order valence-electron chi connectivity index (χ1n) is 7.80. The molecule has 2 heterocycles. The van der Waals surface area contributed by atoms with Crippen molar-refractivity contribution >= 4 is 5.91 Å². The molecule has 4 nitrogen and oxygen atoms in total. The standard InChI is InChI=1S/C16H23N3O/c20-16(19-14-5-1-2-6-14)13-7-8-15(18-11-13)12-4-3-9-17-10-12/h7-8,11-12,14,17H,1-6,9-10H2,(H,19,20)/t12-/m1/s1. The van der Waals surface area contributed by atoms with Crippen molar-refractivity contribution in [1.82, 2.24) is 15.6 Å². The molecule has 1 amide bonds. The third-order valence-corrected chi connectivity index (χ3v) is 4.45. The summed E-state index contributed by atoms with van der Waals surface area (Å²) in [5.74, 6) is 0.522. The van der Waals surface area contributed by atoms with Crippen molar-refractivity contribution in [3.63, 3.8) is 0 Å². The number of piperidine rings is 1. The Morgan fingerprint density at radius 3 is 2.70 bits per heavy atom. The molecule has 108 valence electrons. The summed E-state index contributed by atoms with van der Waals surface area (Å²) in [7, 11) is 0. The molecule has 1 saturated carbocycles. The lowest BCUT2D eigenvalue weighted by Gasteiger charge is -2.22. The number of aromatic nitrogens is 1. The summed E-state index contributed by atoms with van der Waals surface area (Å²) in [6, 6.07) is 4.30. The number of nitrogens with zero attached hydrogens (tertiary/aromatic N) is 1. The van der Waals surface area contributed by atoms with E-state index in [1.54, 1.807) is 6.20 Å². The Morgan fingerprint density at radius 1 is 1.20 bits per heavy atom. The second-order valence-electron chi connectivity index (χ2n) is 5.97. The van der Waals surface area contributed by atoms with E-state index in [4.69, 9.17) is 0 Å². The van der Waals surface area contributed by atoms with Crippen LogP contribution in [0.4, 0.5) is 0 Å². The highest BCUT2D eigenvalue weighted by Crippen LogP contribution is 2.22. The first-order valence-corrected chi connectivity index (χ1v) is 7.80. The first kappa shape index (κ1) is 13.6. The lowest BCUT2D eigenvalue weighted by Crippen LogP contribution is -2.32. The molecule has 0 bridgehead atoms. The maximum absolute atomic E-state index is 12.1. The Morgan fingerprint density at radius 2 is 2.05 bits per heavy atom.